The van der Waals surface area contributed by atoms with E-state index in [0.29, 0.717) is 5.56 Å². The van der Waals surface area contributed by atoms with Crippen LogP contribution in [0.25, 0.3) is 5.69 Å². The molecule has 0 aliphatic heterocycles. The number of aromatic nitrogens is 2. The highest BCUT2D eigenvalue weighted by Crippen LogP contribution is 2.09. The van der Waals surface area contributed by atoms with Crippen LogP contribution in [-0.4, -0.2) is 21.7 Å². The first-order valence-corrected chi connectivity index (χ1v) is 6.65. The van der Waals surface area contributed by atoms with E-state index in [1.54, 1.807) is 10.9 Å². The Bertz CT molecular complexity index is 513. The van der Waals surface area contributed by atoms with Crippen molar-refractivity contribution in [3.05, 3.63) is 48.3 Å². The predicted molar refractivity (Wildman–Crippen MR) is 75.4 cm³/mol. The van der Waals surface area contributed by atoms with Crippen molar-refractivity contribution in [2.75, 3.05) is 0 Å². The van der Waals surface area contributed by atoms with Crippen LogP contribution in [0, 0.1) is 0 Å². The van der Waals surface area contributed by atoms with Crippen molar-refractivity contribution in [1.29, 1.82) is 0 Å². The molecule has 0 aliphatic carbocycles. The van der Waals surface area contributed by atoms with Crippen molar-refractivity contribution in [3.63, 3.8) is 0 Å². The van der Waals surface area contributed by atoms with Crippen LogP contribution in [0.1, 0.15) is 37.0 Å². The molecule has 100 valence electrons. The van der Waals surface area contributed by atoms with Gasteiger partial charge in [-0.05, 0) is 43.2 Å². The number of carbonyl (C=O) groups excluding carboxylic acids is 1. The first-order chi connectivity index (χ1) is 9.24. The van der Waals surface area contributed by atoms with Crippen molar-refractivity contribution in [1.82, 2.24) is 15.1 Å². The van der Waals surface area contributed by atoms with Gasteiger partial charge in [-0.3, -0.25) is 4.79 Å². The summed E-state index contributed by atoms with van der Waals surface area (Å²) >= 11 is 0. The van der Waals surface area contributed by atoms with Gasteiger partial charge in [-0.25, -0.2) is 4.68 Å². The molecule has 4 heteroatoms. The summed E-state index contributed by atoms with van der Waals surface area (Å²) in [4.78, 5) is 12.0. The maximum absolute atomic E-state index is 12.0. The molecule has 19 heavy (non-hydrogen) atoms. The molecule has 0 unspecified atom stereocenters. The number of benzene rings is 1. The fourth-order valence-corrected chi connectivity index (χ4v) is 1.95. The van der Waals surface area contributed by atoms with Crippen molar-refractivity contribution in [2.45, 2.75) is 32.7 Å². The molecule has 4 nitrogen and oxygen atoms in total. The number of hydrogen-bond donors (Lipinski definition) is 1. The maximum Gasteiger partial charge on any atom is 0.251 e. The van der Waals surface area contributed by atoms with Crippen LogP contribution in [-0.2, 0) is 0 Å². The summed E-state index contributed by atoms with van der Waals surface area (Å²) < 4.78 is 1.77. The monoisotopic (exact) mass is 257 g/mol. The number of rotatable bonds is 5. The second-order valence-electron chi connectivity index (χ2n) is 4.48. The summed E-state index contributed by atoms with van der Waals surface area (Å²) in [7, 11) is 0. The van der Waals surface area contributed by atoms with E-state index in [0.717, 1.165) is 18.5 Å². The molecule has 2 rings (SSSR count). The number of nitrogens with one attached hydrogen (secondary N) is 1. The topological polar surface area (TPSA) is 46.9 Å². The lowest BCUT2D eigenvalue weighted by Gasteiger charge is -2.14. The molecule has 0 bridgehead atoms. The van der Waals surface area contributed by atoms with Gasteiger partial charge in [0.15, 0.2) is 0 Å². The van der Waals surface area contributed by atoms with Crippen LogP contribution in [0.3, 0.4) is 0 Å². The lowest BCUT2D eigenvalue weighted by atomic mass is 10.1. The largest absolute Gasteiger partial charge is 0.349 e. The quantitative estimate of drug-likeness (QED) is 0.895. The summed E-state index contributed by atoms with van der Waals surface area (Å²) in [6.45, 7) is 4.16. The molecule has 0 spiro atoms. The van der Waals surface area contributed by atoms with Gasteiger partial charge >= 0.3 is 0 Å². The van der Waals surface area contributed by atoms with Gasteiger partial charge in [-0.1, -0.05) is 13.8 Å². The minimum atomic E-state index is -0.0132. The van der Waals surface area contributed by atoms with E-state index in [1.807, 2.05) is 36.5 Å². The van der Waals surface area contributed by atoms with Crippen LogP contribution >= 0.6 is 0 Å². The fourth-order valence-electron chi connectivity index (χ4n) is 1.95. The van der Waals surface area contributed by atoms with Crippen LogP contribution in [0.4, 0.5) is 0 Å². The Morgan fingerprint density at radius 3 is 2.47 bits per heavy atom. The Morgan fingerprint density at radius 1 is 1.26 bits per heavy atom. The zero-order valence-electron chi connectivity index (χ0n) is 11.3. The van der Waals surface area contributed by atoms with Crippen molar-refractivity contribution < 1.29 is 4.79 Å². The molecule has 0 radical (unpaired) electrons. The second kappa shape index (κ2) is 6.18. The Morgan fingerprint density at radius 2 is 1.95 bits per heavy atom. The third kappa shape index (κ3) is 3.22. The standard InChI is InChI=1S/C15H19N3O/c1-3-13(4-2)17-15(19)12-6-8-14(9-7-12)18-11-5-10-16-18/h5-11,13H,3-4H2,1-2H3,(H,17,19). The third-order valence-corrected chi connectivity index (χ3v) is 3.22. The average molecular weight is 257 g/mol. The summed E-state index contributed by atoms with van der Waals surface area (Å²) in [6, 6.07) is 9.57. The van der Waals surface area contributed by atoms with Crippen molar-refractivity contribution in [3.8, 4) is 5.69 Å². The summed E-state index contributed by atoms with van der Waals surface area (Å²) in [5.74, 6) is -0.0132. The SMILES string of the molecule is CCC(CC)NC(=O)c1ccc(-n2cccn2)cc1. The summed E-state index contributed by atoms with van der Waals surface area (Å²) in [5, 5.41) is 7.18. The van der Waals surface area contributed by atoms with Crippen molar-refractivity contribution >= 4 is 5.91 Å². The molecule has 1 heterocycles. The molecular weight excluding hydrogens is 238 g/mol. The number of nitrogens with zero attached hydrogens (tertiary/aromatic N) is 2. The first-order valence-electron chi connectivity index (χ1n) is 6.65. The van der Waals surface area contributed by atoms with E-state index >= 15 is 0 Å². The second-order valence-corrected chi connectivity index (χ2v) is 4.48. The first kappa shape index (κ1) is 13.3. The molecule has 1 amide bonds. The van der Waals surface area contributed by atoms with Crippen LogP contribution in [0.15, 0.2) is 42.7 Å². The van der Waals surface area contributed by atoms with E-state index in [-0.39, 0.29) is 11.9 Å². The Hall–Kier alpha value is -2.10. The zero-order chi connectivity index (χ0) is 13.7. The van der Waals surface area contributed by atoms with Crippen LogP contribution in [0.2, 0.25) is 0 Å². The van der Waals surface area contributed by atoms with E-state index in [9.17, 15) is 4.79 Å². The minimum absolute atomic E-state index is 0.0132. The molecule has 0 atom stereocenters. The predicted octanol–water partition coefficient (Wildman–Crippen LogP) is 2.79. The van der Waals surface area contributed by atoms with Gasteiger partial charge in [0.2, 0.25) is 0 Å². The maximum atomic E-state index is 12.0. The molecular formula is C15H19N3O. The van der Waals surface area contributed by atoms with E-state index in [1.165, 1.54) is 0 Å². The highest BCUT2D eigenvalue weighted by atomic mass is 16.1. The van der Waals surface area contributed by atoms with Gasteiger partial charge in [-0.2, -0.15) is 5.10 Å². The third-order valence-electron chi connectivity index (χ3n) is 3.22. The van der Waals surface area contributed by atoms with Crippen molar-refractivity contribution in [2.24, 2.45) is 0 Å². The van der Waals surface area contributed by atoms with Gasteiger partial charge in [-0.15, -0.1) is 0 Å². The highest BCUT2D eigenvalue weighted by Gasteiger charge is 2.10. The Kier molecular flexibility index (Phi) is 4.34. The van der Waals surface area contributed by atoms with Crippen LogP contribution < -0.4 is 5.32 Å². The average Bonchev–Trinajstić information content (AvgIpc) is 2.99. The van der Waals surface area contributed by atoms with E-state index < -0.39 is 0 Å². The number of carbonyl (C=O) groups is 1. The Labute approximate surface area is 113 Å². The smallest absolute Gasteiger partial charge is 0.251 e. The molecule has 1 aromatic heterocycles. The van der Waals surface area contributed by atoms with Crippen LogP contribution in [0.5, 0.6) is 0 Å². The zero-order valence-corrected chi connectivity index (χ0v) is 11.3. The number of amides is 1. The van der Waals surface area contributed by atoms with Gasteiger partial charge in [0.25, 0.3) is 5.91 Å². The minimum Gasteiger partial charge on any atom is -0.349 e. The molecule has 0 saturated heterocycles. The lowest BCUT2D eigenvalue weighted by Crippen LogP contribution is -2.33. The number of hydrogen-bond acceptors (Lipinski definition) is 2. The lowest BCUT2D eigenvalue weighted by molar-refractivity contribution is 0.0935. The fraction of sp³-hybridized carbons (Fsp3) is 0.333. The normalized spacial score (nSPS) is 10.7. The Balaban J connectivity index is 2.08. The van der Waals surface area contributed by atoms with Gasteiger partial charge < -0.3 is 5.32 Å². The van der Waals surface area contributed by atoms with Gasteiger partial charge in [0.1, 0.15) is 0 Å². The molecule has 0 saturated carbocycles. The summed E-state index contributed by atoms with van der Waals surface area (Å²) in [6.07, 6.45) is 5.51. The van der Waals surface area contributed by atoms with Gasteiger partial charge in [0, 0.05) is 24.0 Å². The highest BCUT2D eigenvalue weighted by molar-refractivity contribution is 5.94. The van der Waals surface area contributed by atoms with Gasteiger partial charge in [0.05, 0.1) is 5.69 Å². The molecule has 1 N–H and O–H groups in total. The molecule has 1 aromatic carbocycles. The summed E-state index contributed by atoms with van der Waals surface area (Å²) in [5.41, 5.74) is 1.63. The molecule has 0 aliphatic rings. The molecule has 0 fully saturated rings. The molecule has 2 aromatic rings. The van der Waals surface area contributed by atoms with E-state index in [4.69, 9.17) is 0 Å². The van der Waals surface area contributed by atoms with E-state index in [2.05, 4.69) is 24.3 Å².